The molecule has 0 heterocycles. The maximum Gasteiger partial charge on any atom is 0.223 e. The molecule has 7 nitrogen and oxygen atoms in total. The molecule has 0 atom stereocenters. The van der Waals surface area contributed by atoms with Gasteiger partial charge < -0.3 is 11.6 Å². The van der Waals surface area contributed by atoms with Crippen molar-refractivity contribution in [2.45, 2.75) is 13.8 Å². The molecule has 5 N–H and O–H groups in total. The average molecular weight is 184 g/mol. The fourth-order valence-electron chi connectivity index (χ4n) is 0.472. The molecule has 13 heavy (non-hydrogen) atoms. The van der Waals surface area contributed by atoms with E-state index in [1.54, 1.807) is 6.92 Å². The number of amides is 1. The van der Waals surface area contributed by atoms with Crippen molar-refractivity contribution in [2.75, 3.05) is 0 Å². The number of nitrogens with zero attached hydrogens (tertiary/aromatic N) is 3. The molecule has 7 heteroatoms. The van der Waals surface area contributed by atoms with Crippen LogP contribution in [0.3, 0.4) is 0 Å². The third-order valence-corrected chi connectivity index (χ3v) is 0.881. The second kappa shape index (κ2) is 5.70. The number of hydrogen-bond acceptors (Lipinski definition) is 5. The highest BCUT2D eigenvalue weighted by Gasteiger charge is 1.92. The summed E-state index contributed by atoms with van der Waals surface area (Å²) in [5.41, 5.74) is 5.74. The quantitative estimate of drug-likeness (QED) is 0.215. The van der Waals surface area contributed by atoms with Crippen LogP contribution in [0, 0.1) is 0 Å². The summed E-state index contributed by atoms with van der Waals surface area (Å²) in [6.07, 6.45) is 1.31. The molecule has 0 aromatic carbocycles. The predicted molar refractivity (Wildman–Crippen MR) is 51.2 cm³/mol. The molecule has 0 fully saturated rings. The lowest BCUT2D eigenvalue weighted by atomic mass is 10.5. The summed E-state index contributed by atoms with van der Waals surface area (Å²) in [7, 11) is 0. The molecule has 1 amide bonds. The van der Waals surface area contributed by atoms with Crippen molar-refractivity contribution in [2.24, 2.45) is 26.9 Å². The number of hydrogen-bond donors (Lipinski definition) is 3. The minimum absolute atomic E-state index is 0.0720. The van der Waals surface area contributed by atoms with Gasteiger partial charge in [-0.2, -0.15) is 10.2 Å². The Hall–Kier alpha value is -1.92. The summed E-state index contributed by atoms with van der Waals surface area (Å²) in [5.74, 6) is 4.48. The van der Waals surface area contributed by atoms with E-state index in [-0.39, 0.29) is 11.9 Å². The highest BCUT2D eigenvalue weighted by atomic mass is 16.1. The molecule has 0 rings (SSSR count). The smallest absolute Gasteiger partial charge is 0.223 e. The first-order chi connectivity index (χ1) is 6.06. The first-order valence-electron chi connectivity index (χ1n) is 3.45. The van der Waals surface area contributed by atoms with E-state index in [1.165, 1.54) is 13.1 Å². The van der Waals surface area contributed by atoms with Crippen molar-refractivity contribution in [1.82, 2.24) is 5.32 Å². The number of rotatable bonds is 2. The van der Waals surface area contributed by atoms with Gasteiger partial charge in [0.2, 0.25) is 11.9 Å². The summed E-state index contributed by atoms with van der Waals surface area (Å²) >= 11 is 0. The maximum absolute atomic E-state index is 10.5. The molecular weight excluding hydrogens is 172 g/mol. The topological polar surface area (TPSA) is 118 Å². The zero-order valence-corrected chi connectivity index (χ0v) is 7.48. The summed E-state index contributed by atoms with van der Waals surface area (Å²) in [5, 5.41) is 12.6. The van der Waals surface area contributed by atoms with Crippen LogP contribution in [0.5, 0.6) is 0 Å². The third kappa shape index (κ3) is 6.48. The number of nitrogens with two attached hydrogens (primary N) is 2. The molecule has 0 bridgehead atoms. The lowest BCUT2D eigenvalue weighted by Gasteiger charge is -1.96. The van der Waals surface area contributed by atoms with Crippen molar-refractivity contribution >= 4 is 23.8 Å². The van der Waals surface area contributed by atoms with Crippen LogP contribution in [0.4, 0.5) is 0 Å². The molecular formula is C6H12N6O. The van der Waals surface area contributed by atoms with E-state index in [4.69, 9.17) is 11.6 Å². The molecule has 0 aromatic rings. The van der Waals surface area contributed by atoms with Gasteiger partial charge in [0.05, 0.1) is 11.9 Å². The van der Waals surface area contributed by atoms with E-state index >= 15 is 0 Å². The Morgan fingerprint density at radius 3 is 2.46 bits per heavy atom. The van der Waals surface area contributed by atoms with Crippen LogP contribution in [0.1, 0.15) is 13.8 Å². The zero-order valence-electron chi connectivity index (χ0n) is 7.48. The van der Waals surface area contributed by atoms with Crippen LogP contribution in [0.25, 0.3) is 0 Å². The summed E-state index contributed by atoms with van der Waals surface area (Å²) in [4.78, 5) is 10.5. The van der Waals surface area contributed by atoms with Gasteiger partial charge in [-0.05, 0) is 6.92 Å². The minimum atomic E-state index is -0.304. The molecule has 0 aromatic heterocycles. The van der Waals surface area contributed by atoms with Gasteiger partial charge >= 0.3 is 0 Å². The van der Waals surface area contributed by atoms with Crippen molar-refractivity contribution in [1.29, 1.82) is 0 Å². The van der Waals surface area contributed by atoms with Crippen molar-refractivity contribution in [3.63, 3.8) is 0 Å². The molecule has 0 aliphatic carbocycles. The molecule has 0 saturated carbocycles. The second-order valence-corrected chi connectivity index (χ2v) is 2.19. The standard InChI is InChI=1S/C6H12N6O/c1-4(3-9-8)11-12-6(7)10-5(2)13/h3H,8H2,1-2H3,(H3,7,10,12,13). The molecule has 0 aliphatic heterocycles. The van der Waals surface area contributed by atoms with E-state index in [9.17, 15) is 4.79 Å². The Kier molecular flexibility index (Phi) is 4.85. The molecule has 0 radical (unpaired) electrons. The molecule has 0 saturated heterocycles. The van der Waals surface area contributed by atoms with Gasteiger partial charge in [-0.15, -0.1) is 5.10 Å². The molecule has 0 spiro atoms. The predicted octanol–water partition coefficient (Wildman–Crippen LogP) is -1.24. The summed E-state index contributed by atoms with van der Waals surface area (Å²) in [6.45, 7) is 2.96. The number of carbonyl (C=O) groups is 1. The number of guanidine groups is 1. The normalized spacial score (nSPS) is 13.4. The van der Waals surface area contributed by atoms with Crippen LogP contribution in [-0.2, 0) is 4.79 Å². The largest absolute Gasteiger partial charge is 0.368 e. The third-order valence-electron chi connectivity index (χ3n) is 0.881. The van der Waals surface area contributed by atoms with E-state index in [0.717, 1.165) is 0 Å². The summed E-state index contributed by atoms with van der Waals surface area (Å²) < 4.78 is 0. The van der Waals surface area contributed by atoms with Gasteiger partial charge in [-0.25, -0.2) is 0 Å². The van der Waals surface area contributed by atoms with Gasteiger partial charge in [0.25, 0.3) is 0 Å². The SMILES string of the molecule is CC(=O)NC(N)=NN=C(C)C=NN. The Morgan fingerprint density at radius 1 is 1.38 bits per heavy atom. The second-order valence-electron chi connectivity index (χ2n) is 2.19. The van der Waals surface area contributed by atoms with E-state index in [1.807, 2.05) is 0 Å². The highest BCUT2D eigenvalue weighted by Crippen LogP contribution is 1.75. The average Bonchev–Trinajstić information content (AvgIpc) is 2.00. The molecule has 0 unspecified atom stereocenters. The van der Waals surface area contributed by atoms with Gasteiger partial charge in [-0.3, -0.25) is 10.1 Å². The fourth-order valence-corrected chi connectivity index (χ4v) is 0.472. The molecule has 0 aliphatic rings. The maximum atomic E-state index is 10.5. The zero-order chi connectivity index (χ0) is 10.3. The first kappa shape index (κ1) is 11.1. The van der Waals surface area contributed by atoms with Crippen LogP contribution >= 0.6 is 0 Å². The molecule has 72 valence electrons. The number of hydrazone groups is 1. The fraction of sp³-hybridized carbons (Fsp3) is 0.333. The Bertz CT molecular complexity index is 266. The van der Waals surface area contributed by atoms with Gasteiger partial charge in [0.1, 0.15) is 0 Å². The van der Waals surface area contributed by atoms with Crippen molar-refractivity contribution in [3.05, 3.63) is 0 Å². The van der Waals surface area contributed by atoms with Gasteiger partial charge in [0, 0.05) is 6.92 Å². The summed E-state index contributed by atoms with van der Waals surface area (Å²) in [6, 6.07) is 0. The minimum Gasteiger partial charge on any atom is -0.368 e. The van der Waals surface area contributed by atoms with E-state index in [0.29, 0.717) is 5.71 Å². The van der Waals surface area contributed by atoms with Crippen molar-refractivity contribution in [3.8, 4) is 0 Å². The number of carbonyl (C=O) groups excluding carboxylic acids is 1. The highest BCUT2D eigenvalue weighted by molar-refractivity contribution is 6.29. The van der Waals surface area contributed by atoms with Gasteiger partial charge in [0.15, 0.2) is 0 Å². The number of nitrogens with one attached hydrogen (secondary N) is 1. The Labute approximate surface area is 75.6 Å². The first-order valence-corrected chi connectivity index (χ1v) is 3.45. The van der Waals surface area contributed by atoms with Crippen molar-refractivity contribution < 1.29 is 4.79 Å². The van der Waals surface area contributed by atoms with Gasteiger partial charge in [-0.1, -0.05) is 0 Å². The lowest BCUT2D eigenvalue weighted by Crippen LogP contribution is -2.34. The van der Waals surface area contributed by atoms with Crippen LogP contribution in [0.15, 0.2) is 15.3 Å². The van der Waals surface area contributed by atoms with E-state index < -0.39 is 0 Å². The lowest BCUT2D eigenvalue weighted by molar-refractivity contribution is -0.117. The Balaban J connectivity index is 4.24. The van der Waals surface area contributed by atoms with Crippen LogP contribution < -0.4 is 16.9 Å². The monoisotopic (exact) mass is 184 g/mol. The van der Waals surface area contributed by atoms with Crippen LogP contribution in [0.2, 0.25) is 0 Å². The van der Waals surface area contributed by atoms with E-state index in [2.05, 4.69) is 20.6 Å². The Morgan fingerprint density at radius 2 is 2.00 bits per heavy atom. The van der Waals surface area contributed by atoms with Crippen LogP contribution in [-0.4, -0.2) is 23.8 Å².